The molecule has 0 amide bonds. The fourth-order valence-electron chi connectivity index (χ4n) is 1.07. The Morgan fingerprint density at radius 2 is 2.00 bits per heavy atom. The van der Waals surface area contributed by atoms with E-state index in [1.165, 1.54) is 0 Å². The van der Waals surface area contributed by atoms with Crippen molar-refractivity contribution in [2.75, 3.05) is 20.6 Å². The summed E-state index contributed by atoms with van der Waals surface area (Å²) in [6.07, 6.45) is 1.85. The molecule has 2 nitrogen and oxygen atoms in total. The topological polar surface area (TPSA) is 20.3 Å². The van der Waals surface area contributed by atoms with Crippen LogP contribution in [0, 0.1) is 5.92 Å². The van der Waals surface area contributed by atoms with Gasteiger partial charge in [0.25, 0.3) is 0 Å². The molecule has 1 atom stereocenters. The zero-order valence-electron chi connectivity index (χ0n) is 8.05. The van der Waals surface area contributed by atoms with Gasteiger partial charge in [0.2, 0.25) is 0 Å². The molecule has 0 saturated carbocycles. The SMILES string of the molecule is CC(=O)CC(C)CCN(C)C. The van der Waals surface area contributed by atoms with Gasteiger partial charge in [-0.2, -0.15) is 0 Å². The number of carbonyl (C=O) groups excluding carboxylic acids is 1. The second kappa shape index (κ2) is 5.30. The fourth-order valence-corrected chi connectivity index (χ4v) is 1.07. The average molecular weight is 157 g/mol. The van der Waals surface area contributed by atoms with Gasteiger partial charge >= 0.3 is 0 Å². The summed E-state index contributed by atoms with van der Waals surface area (Å²) in [5.41, 5.74) is 0. The molecule has 0 aliphatic rings. The highest BCUT2D eigenvalue weighted by atomic mass is 16.1. The predicted octanol–water partition coefficient (Wildman–Crippen LogP) is 1.55. The second-order valence-corrected chi connectivity index (χ2v) is 3.60. The molecule has 1 unspecified atom stereocenters. The Kier molecular flexibility index (Phi) is 5.12. The van der Waals surface area contributed by atoms with Gasteiger partial charge in [0.1, 0.15) is 5.78 Å². The summed E-state index contributed by atoms with van der Waals surface area (Å²) in [4.78, 5) is 12.8. The van der Waals surface area contributed by atoms with Crippen LogP contribution < -0.4 is 0 Å². The zero-order valence-corrected chi connectivity index (χ0v) is 8.05. The molecule has 0 fully saturated rings. The molecule has 0 saturated heterocycles. The molecule has 2 heteroatoms. The third-order valence-electron chi connectivity index (χ3n) is 1.71. The molecular weight excluding hydrogens is 138 g/mol. The first-order valence-corrected chi connectivity index (χ1v) is 4.16. The smallest absolute Gasteiger partial charge is 0.130 e. The van der Waals surface area contributed by atoms with E-state index in [1.54, 1.807) is 6.92 Å². The van der Waals surface area contributed by atoms with E-state index in [1.807, 2.05) is 0 Å². The van der Waals surface area contributed by atoms with Crippen molar-refractivity contribution in [2.24, 2.45) is 5.92 Å². The molecule has 0 aliphatic heterocycles. The lowest BCUT2D eigenvalue weighted by atomic mass is 10.0. The fraction of sp³-hybridized carbons (Fsp3) is 0.889. The minimum absolute atomic E-state index is 0.302. The highest BCUT2D eigenvalue weighted by Gasteiger charge is 2.04. The van der Waals surface area contributed by atoms with Gasteiger partial charge in [0.05, 0.1) is 0 Å². The van der Waals surface area contributed by atoms with Gasteiger partial charge in [-0.05, 0) is 39.9 Å². The normalized spacial score (nSPS) is 13.5. The number of Topliss-reactive ketones (excluding diaryl/α,β-unsaturated/α-hetero) is 1. The number of carbonyl (C=O) groups is 1. The lowest BCUT2D eigenvalue weighted by Crippen LogP contribution is -2.16. The van der Waals surface area contributed by atoms with Crippen LogP contribution in [0.1, 0.15) is 26.7 Å². The van der Waals surface area contributed by atoms with Crippen LogP contribution in [0.2, 0.25) is 0 Å². The van der Waals surface area contributed by atoms with Crippen molar-refractivity contribution in [1.29, 1.82) is 0 Å². The molecule has 66 valence electrons. The lowest BCUT2D eigenvalue weighted by Gasteiger charge is -2.13. The summed E-state index contributed by atoms with van der Waals surface area (Å²) in [7, 11) is 4.11. The summed E-state index contributed by atoms with van der Waals surface area (Å²) in [6, 6.07) is 0. The van der Waals surface area contributed by atoms with E-state index < -0.39 is 0 Å². The minimum Gasteiger partial charge on any atom is -0.309 e. The van der Waals surface area contributed by atoms with E-state index in [2.05, 4.69) is 25.9 Å². The van der Waals surface area contributed by atoms with Crippen molar-refractivity contribution < 1.29 is 4.79 Å². The monoisotopic (exact) mass is 157 g/mol. The Labute approximate surface area is 69.6 Å². The lowest BCUT2D eigenvalue weighted by molar-refractivity contribution is -0.117. The van der Waals surface area contributed by atoms with E-state index >= 15 is 0 Å². The summed E-state index contributed by atoms with van der Waals surface area (Å²) >= 11 is 0. The first-order chi connectivity index (χ1) is 5.02. The van der Waals surface area contributed by atoms with E-state index in [0.717, 1.165) is 19.4 Å². The van der Waals surface area contributed by atoms with Gasteiger partial charge in [-0.25, -0.2) is 0 Å². The molecule has 0 bridgehead atoms. The standard InChI is InChI=1S/C9H19NO/c1-8(7-9(2)11)5-6-10(3)4/h8H,5-7H2,1-4H3. The molecule has 0 N–H and O–H groups in total. The van der Waals surface area contributed by atoms with E-state index in [-0.39, 0.29) is 0 Å². The van der Waals surface area contributed by atoms with Crippen LogP contribution in [0.5, 0.6) is 0 Å². The van der Waals surface area contributed by atoms with Crippen LogP contribution in [0.25, 0.3) is 0 Å². The van der Waals surface area contributed by atoms with E-state index in [0.29, 0.717) is 11.7 Å². The van der Waals surface area contributed by atoms with Gasteiger partial charge in [0.15, 0.2) is 0 Å². The number of hydrogen-bond acceptors (Lipinski definition) is 2. The number of hydrogen-bond donors (Lipinski definition) is 0. The Balaban J connectivity index is 3.37. The first kappa shape index (κ1) is 10.6. The summed E-state index contributed by atoms with van der Waals surface area (Å²) in [5.74, 6) is 0.839. The Morgan fingerprint density at radius 1 is 1.45 bits per heavy atom. The molecule has 0 radical (unpaired) electrons. The Hall–Kier alpha value is -0.370. The quantitative estimate of drug-likeness (QED) is 0.603. The van der Waals surface area contributed by atoms with Crippen LogP contribution in [-0.2, 0) is 4.79 Å². The maximum Gasteiger partial charge on any atom is 0.130 e. The molecule has 0 rings (SSSR count). The molecule has 11 heavy (non-hydrogen) atoms. The number of ketones is 1. The van der Waals surface area contributed by atoms with E-state index in [9.17, 15) is 4.79 Å². The Bertz CT molecular complexity index is 121. The van der Waals surface area contributed by atoms with E-state index in [4.69, 9.17) is 0 Å². The van der Waals surface area contributed by atoms with Crippen molar-refractivity contribution in [3.8, 4) is 0 Å². The van der Waals surface area contributed by atoms with Crippen molar-refractivity contribution in [2.45, 2.75) is 26.7 Å². The van der Waals surface area contributed by atoms with Gasteiger partial charge < -0.3 is 9.69 Å². The van der Waals surface area contributed by atoms with Crippen molar-refractivity contribution >= 4 is 5.78 Å². The summed E-state index contributed by atoms with van der Waals surface area (Å²) < 4.78 is 0. The second-order valence-electron chi connectivity index (χ2n) is 3.60. The van der Waals surface area contributed by atoms with Gasteiger partial charge in [-0.3, -0.25) is 0 Å². The number of nitrogens with zero attached hydrogens (tertiary/aromatic N) is 1. The van der Waals surface area contributed by atoms with Gasteiger partial charge in [-0.15, -0.1) is 0 Å². The van der Waals surface area contributed by atoms with Crippen LogP contribution in [0.4, 0.5) is 0 Å². The van der Waals surface area contributed by atoms with Crippen molar-refractivity contribution in [3.05, 3.63) is 0 Å². The maximum atomic E-state index is 10.7. The van der Waals surface area contributed by atoms with Crippen LogP contribution in [0.15, 0.2) is 0 Å². The summed E-state index contributed by atoms with van der Waals surface area (Å²) in [6.45, 7) is 4.87. The molecule has 0 aliphatic carbocycles. The molecular formula is C9H19NO. The molecule has 0 aromatic carbocycles. The van der Waals surface area contributed by atoms with Crippen LogP contribution in [0.3, 0.4) is 0 Å². The maximum absolute atomic E-state index is 10.7. The number of rotatable bonds is 5. The highest BCUT2D eigenvalue weighted by molar-refractivity contribution is 5.75. The Morgan fingerprint density at radius 3 is 2.36 bits per heavy atom. The molecule has 0 aromatic heterocycles. The van der Waals surface area contributed by atoms with Crippen molar-refractivity contribution in [3.63, 3.8) is 0 Å². The molecule has 0 aromatic rings. The predicted molar refractivity (Wildman–Crippen MR) is 47.6 cm³/mol. The first-order valence-electron chi connectivity index (χ1n) is 4.16. The zero-order chi connectivity index (χ0) is 8.85. The minimum atomic E-state index is 0.302. The third kappa shape index (κ3) is 7.53. The van der Waals surface area contributed by atoms with Crippen LogP contribution in [-0.4, -0.2) is 31.3 Å². The van der Waals surface area contributed by atoms with Gasteiger partial charge in [-0.1, -0.05) is 6.92 Å². The molecule has 0 heterocycles. The van der Waals surface area contributed by atoms with Crippen molar-refractivity contribution in [1.82, 2.24) is 4.90 Å². The highest BCUT2D eigenvalue weighted by Crippen LogP contribution is 2.07. The summed E-state index contributed by atoms with van der Waals surface area (Å²) in [5, 5.41) is 0. The largest absolute Gasteiger partial charge is 0.309 e. The third-order valence-corrected chi connectivity index (χ3v) is 1.71. The molecule has 0 spiro atoms. The van der Waals surface area contributed by atoms with Gasteiger partial charge in [0, 0.05) is 6.42 Å². The average Bonchev–Trinajstić information content (AvgIpc) is 1.82. The van der Waals surface area contributed by atoms with Crippen LogP contribution >= 0.6 is 0 Å².